The zero-order chi connectivity index (χ0) is 23.2. The van der Waals surface area contributed by atoms with Gasteiger partial charge < -0.3 is 9.30 Å². The molecule has 2 aliphatic heterocycles. The molecule has 8 heteroatoms. The van der Waals surface area contributed by atoms with Crippen molar-refractivity contribution in [2.45, 2.75) is 31.6 Å². The second kappa shape index (κ2) is 8.28. The maximum atomic E-state index is 13.4. The molecule has 2 aromatic heterocycles. The van der Waals surface area contributed by atoms with E-state index in [4.69, 9.17) is 4.74 Å². The van der Waals surface area contributed by atoms with Crippen LogP contribution in [0.25, 0.3) is 0 Å². The molecule has 1 saturated heterocycles. The summed E-state index contributed by atoms with van der Waals surface area (Å²) < 4.78 is 34.3. The second-order valence-corrected chi connectivity index (χ2v) is 8.73. The van der Waals surface area contributed by atoms with Crippen LogP contribution in [0.2, 0.25) is 0 Å². The molecule has 0 N–H and O–H groups in total. The molecule has 33 heavy (non-hydrogen) atoms. The fourth-order valence-electron chi connectivity index (χ4n) is 4.70. The molecule has 0 saturated carbocycles. The molecule has 0 bridgehead atoms. The summed E-state index contributed by atoms with van der Waals surface area (Å²) >= 11 is 0. The highest BCUT2D eigenvalue weighted by molar-refractivity contribution is 6.07. The quantitative estimate of drug-likeness (QED) is 0.570. The zero-order valence-corrected chi connectivity index (χ0v) is 18.2. The van der Waals surface area contributed by atoms with Crippen LogP contribution in [-0.4, -0.2) is 33.3 Å². The average Bonchev–Trinajstić information content (AvgIpc) is 3.14. The minimum absolute atomic E-state index is 0.0230. The van der Waals surface area contributed by atoms with E-state index in [0.717, 1.165) is 54.8 Å². The van der Waals surface area contributed by atoms with Crippen molar-refractivity contribution < 1.29 is 18.3 Å². The number of ketones is 1. The number of ether oxygens (including phenoxy) is 1. The summed E-state index contributed by atoms with van der Waals surface area (Å²) in [6.07, 6.45) is 5.11. The van der Waals surface area contributed by atoms with E-state index in [-0.39, 0.29) is 16.8 Å². The highest BCUT2D eigenvalue weighted by Gasteiger charge is 2.43. The minimum atomic E-state index is -1.06. The molecule has 0 radical (unpaired) electrons. The van der Waals surface area contributed by atoms with Gasteiger partial charge >= 0.3 is 0 Å². The number of carbonyl (C=O) groups excluding carboxylic acids is 1. The minimum Gasteiger partial charge on any atom is -0.365 e. The third-order valence-corrected chi connectivity index (χ3v) is 6.61. The number of piperidine rings is 1. The number of nitrogens with zero attached hydrogens (tertiary/aromatic N) is 3. The Morgan fingerprint density at radius 2 is 1.91 bits per heavy atom. The van der Waals surface area contributed by atoms with E-state index >= 15 is 0 Å². The van der Waals surface area contributed by atoms with E-state index < -0.39 is 23.0 Å². The van der Waals surface area contributed by atoms with Gasteiger partial charge in [0.25, 0.3) is 5.56 Å². The third kappa shape index (κ3) is 4.00. The summed E-state index contributed by atoms with van der Waals surface area (Å²) in [7, 11) is 1.75. The first kappa shape index (κ1) is 21.6. The lowest BCUT2D eigenvalue weighted by atomic mass is 9.84. The molecule has 5 rings (SSSR count). The van der Waals surface area contributed by atoms with Crippen molar-refractivity contribution in [2.75, 3.05) is 13.1 Å². The average molecular weight is 451 g/mol. The van der Waals surface area contributed by atoms with Crippen molar-refractivity contribution in [2.24, 2.45) is 7.05 Å². The normalized spacial score (nSPS) is 17.3. The molecule has 0 amide bonds. The van der Waals surface area contributed by atoms with Crippen LogP contribution >= 0.6 is 0 Å². The van der Waals surface area contributed by atoms with Crippen molar-refractivity contribution in [3.05, 3.63) is 98.7 Å². The Bertz CT molecular complexity index is 1280. The Kier molecular flexibility index (Phi) is 5.42. The lowest BCUT2D eigenvalue weighted by Crippen LogP contribution is -2.42. The number of benzene rings is 1. The van der Waals surface area contributed by atoms with Crippen LogP contribution in [0.1, 0.15) is 45.6 Å². The van der Waals surface area contributed by atoms with E-state index in [1.54, 1.807) is 29.9 Å². The molecule has 0 atom stereocenters. The molecular formula is C25H23F2N3O3. The van der Waals surface area contributed by atoms with Gasteiger partial charge in [0.15, 0.2) is 11.6 Å². The molecule has 6 nitrogen and oxygen atoms in total. The lowest BCUT2D eigenvalue weighted by molar-refractivity contribution is -0.0799. The number of hydrogen-bond donors (Lipinski definition) is 0. The van der Waals surface area contributed by atoms with Gasteiger partial charge in [0.05, 0.1) is 12.2 Å². The number of likely N-dealkylation sites (tertiary alicyclic amines) is 1. The first-order valence-corrected chi connectivity index (χ1v) is 10.9. The zero-order valence-electron chi connectivity index (χ0n) is 18.2. The molecule has 170 valence electrons. The maximum Gasteiger partial charge on any atom is 0.250 e. The molecule has 3 aromatic rings. The summed E-state index contributed by atoms with van der Waals surface area (Å²) in [4.78, 5) is 31.2. The molecule has 1 fully saturated rings. The summed E-state index contributed by atoms with van der Waals surface area (Å²) in [6, 6.07) is 8.22. The second-order valence-electron chi connectivity index (χ2n) is 8.73. The summed E-state index contributed by atoms with van der Waals surface area (Å²) in [5, 5.41) is 0. The Balaban J connectivity index is 1.23. The number of aromatic nitrogens is 2. The molecule has 1 spiro atoms. The van der Waals surface area contributed by atoms with Crippen molar-refractivity contribution in [3.63, 3.8) is 0 Å². The van der Waals surface area contributed by atoms with Crippen LogP contribution in [0.4, 0.5) is 8.78 Å². The fourth-order valence-corrected chi connectivity index (χ4v) is 4.70. The van der Waals surface area contributed by atoms with E-state index in [2.05, 4.69) is 9.88 Å². The van der Waals surface area contributed by atoms with E-state index in [1.165, 1.54) is 6.07 Å². The summed E-state index contributed by atoms with van der Waals surface area (Å²) in [5.41, 5.74) is 2.88. The molecule has 0 unspecified atom stereocenters. The first-order chi connectivity index (χ1) is 15.8. The van der Waals surface area contributed by atoms with Gasteiger partial charge in [0.1, 0.15) is 5.69 Å². The maximum absolute atomic E-state index is 13.4. The summed E-state index contributed by atoms with van der Waals surface area (Å²) in [5.74, 6) is -2.51. The van der Waals surface area contributed by atoms with E-state index in [1.807, 2.05) is 12.3 Å². The number of fused-ring (bicyclic) bond motifs is 2. The van der Waals surface area contributed by atoms with Crippen molar-refractivity contribution in [1.82, 2.24) is 14.5 Å². The SMILES string of the molecule is Cn1cc2c(cc1=O)C1(CCN(Cc3ccc(C(=O)c4ccc(F)c(F)c4)nc3)CC1)OC2. The molecular weight excluding hydrogens is 428 g/mol. The van der Waals surface area contributed by atoms with Gasteiger partial charge in [-0.05, 0) is 48.2 Å². The predicted octanol–water partition coefficient (Wildman–Crippen LogP) is 3.31. The largest absolute Gasteiger partial charge is 0.365 e. The topological polar surface area (TPSA) is 64.4 Å². The molecule has 4 heterocycles. The van der Waals surface area contributed by atoms with Gasteiger partial charge in [-0.25, -0.2) is 8.78 Å². The van der Waals surface area contributed by atoms with Gasteiger partial charge in [0.2, 0.25) is 5.78 Å². The Hall–Kier alpha value is -3.23. The van der Waals surface area contributed by atoms with Crippen LogP contribution in [0.5, 0.6) is 0 Å². The Morgan fingerprint density at radius 3 is 2.61 bits per heavy atom. The molecule has 2 aliphatic rings. The summed E-state index contributed by atoms with van der Waals surface area (Å²) in [6.45, 7) is 2.82. The van der Waals surface area contributed by atoms with Crippen molar-refractivity contribution in [3.8, 4) is 0 Å². The van der Waals surface area contributed by atoms with Crippen LogP contribution in [0.3, 0.4) is 0 Å². The number of carbonyl (C=O) groups is 1. The van der Waals surface area contributed by atoms with Crippen LogP contribution in [0, 0.1) is 11.6 Å². The third-order valence-electron chi connectivity index (χ3n) is 6.61. The van der Waals surface area contributed by atoms with Crippen LogP contribution < -0.4 is 5.56 Å². The molecule has 1 aromatic carbocycles. The number of aryl methyl sites for hydroxylation is 1. The van der Waals surface area contributed by atoms with Gasteiger partial charge in [-0.15, -0.1) is 0 Å². The highest BCUT2D eigenvalue weighted by Crippen LogP contribution is 2.43. The standard InChI is InChI=1S/C25H23F2N3O3/c1-29-14-18-15-33-25(19(18)11-23(29)31)6-8-30(9-7-25)13-16-2-5-22(28-12-16)24(32)17-3-4-20(26)21(27)10-17/h2-5,10-12,14H,6-9,13,15H2,1H3. The van der Waals surface area contributed by atoms with Gasteiger partial charge in [-0.2, -0.15) is 0 Å². The number of halogens is 2. The highest BCUT2D eigenvalue weighted by atomic mass is 19.2. The first-order valence-electron chi connectivity index (χ1n) is 10.9. The number of hydrogen-bond acceptors (Lipinski definition) is 5. The van der Waals surface area contributed by atoms with Crippen molar-refractivity contribution >= 4 is 5.78 Å². The Labute approximate surface area is 189 Å². The lowest BCUT2D eigenvalue weighted by Gasteiger charge is -2.39. The van der Waals surface area contributed by atoms with Crippen LogP contribution in [0.15, 0.2) is 53.6 Å². The Morgan fingerprint density at radius 1 is 1.12 bits per heavy atom. The number of rotatable bonds is 4. The van der Waals surface area contributed by atoms with Crippen LogP contribution in [-0.2, 0) is 30.5 Å². The number of pyridine rings is 2. The van der Waals surface area contributed by atoms with E-state index in [0.29, 0.717) is 13.2 Å². The van der Waals surface area contributed by atoms with Gasteiger partial charge in [-0.3, -0.25) is 19.5 Å². The fraction of sp³-hybridized carbons (Fsp3) is 0.320. The predicted molar refractivity (Wildman–Crippen MR) is 117 cm³/mol. The van der Waals surface area contributed by atoms with Gasteiger partial charge in [-0.1, -0.05) is 6.07 Å². The van der Waals surface area contributed by atoms with E-state index in [9.17, 15) is 18.4 Å². The molecule has 0 aliphatic carbocycles. The van der Waals surface area contributed by atoms with Crippen molar-refractivity contribution in [1.29, 1.82) is 0 Å². The smallest absolute Gasteiger partial charge is 0.250 e. The monoisotopic (exact) mass is 451 g/mol. The van der Waals surface area contributed by atoms with Gasteiger partial charge in [0, 0.05) is 56.3 Å².